The van der Waals surface area contributed by atoms with Gasteiger partial charge in [-0.3, -0.25) is 14.2 Å². The van der Waals surface area contributed by atoms with Gasteiger partial charge in [0.15, 0.2) is 5.16 Å². The van der Waals surface area contributed by atoms with Gasteiger partial charge in [-0.25, -0.2) is 4.98 Å². The highest BCUT2D eigenvalue weighted by atomic mass is 32.2. The van der Waals surface area contributed by atoms with Gasteiger partial charge in [0.1, 0.15) is 5.76 Å². The van der Waals surface area contributed by atoms with Gasteiger partial charge in [0, 0.05) is 6.04 Å². The molecule has 30 heavy (non-hydrogen) atoms. The molecule has 0 unspecified atom stereocenters. The van der Waals surface area contributed by atoms with Crippen molar-refractivity contribution < 1.29 is 9.21 Å². The number of carbonyl (C=O) groups excluding carboxylic acids is 1. The van der Waals surface area contributed by atoms with Crippen molar-refractivity contribution in [1.82, 2.24) is 14.9 Å². The maximum absolute atomic E-state index is 13.4. The molecule has 1 N–H and O–H groups in total. The summed E-state index contributed by atoms with van der Waals surface area (Å²) in [6.45, 7) is 4.83. The predicted octanol–water partition coefficient (Wildman–Crippen LogP) is 4.40. The molecular formula is C23H27N3O3S. The fraction of sp³-hybridized carbons (Fsp3) is 0.435. The molecule has 0 saturated heterocycles. The smallest absolute Gasteiger partial charge is 0.262 e. The summed E-state index contributed by atoms with van der Waals surface area (Å²) in [5.74, 6) is 1.72. The fourth-order valence-electron chi connectivity index (χ4n) is 4.22. The minimum Gasteiger partial charge on any atom is -0.467 e. The Balaban J connectivity index is 1.60. The van der Waals surface area contributed by atoms with Crippen molar-refractivity contribution in [3.05, 3.63) is 58.8 Å². The average molecular weight is 426 g/mol. The Morgan fingerprint density at radius 2 is 2.07 bits per heavy atom. The summed E-state index contributed by atoms with van der Waals surface area (Å²) in [6, 6.07) is 11.2. The molecule has 7 heteroatoms. The van der Waals surface area contributed by atoms with E-state index in [9.17, 15) is 9.59 Å². The zero-order valence-corrected chi connectivity index (χ0v) is 18.2. The van der Waals surface area contributed by atoms with E-state index in [1.165, 1.54) is 18.2 Å². The Hall–Kier alpha value is -2.54. The van der Waals surface area contributed by atoms with E-state index in [0.717, 1.165) is 12.8 Å². The van der Waals surface area contributed by atoms with E-state index < -0.39 is 0 Å². The number of hydrogen-bond donors (Lipinski definition) is 1. The first-order chi connectivity index (χ1) is 14.5. The lowest BCUT2D eigenvalue weighted by Crippen LogP contribution is -2.35. The van der Waals surface area contributed by atoms with E-state index in [1.807, 2.05) is 34.9 Å². The van der Waals surface area contributed by atoms with Crippen LogP contribution in [0.15, 0.2) is 57.0 Å². The van der Waals surface area contributed by atoms with E-state index in [2.05, 4.69) is 19.2 Å². The number of thioether (sulfide) groups is 1. The van der Waals surface area contributed by atoms with Gasteiger partial charge in [-0.2, -0.15) is 0 Å². The standard InChI is InChI=1S/C23H27N3O3S/c1-15-7-5-11-20(16(15)2)26-22(28)18-9-3-4-10-19(18)25-23(26)30-14-21(27)24-13-17-8-6-12-29-17/h3-4,6,8-10,12,15-16,20H,5,7,11,13-14H2,1-2H3,(H,24,27)/t15-,16+,20+/m0/s1. The number of benzene rings is 1. The van der Waals surface area contributed by atoms with E-state index >= 15 is 0 Å². The SMILES string of the molecule is C[C@H]1[C@H](n2c(SCC(=O)NCc3ccco3)nc3ccccc3c2=O)CCC[C@@H]1C. The monoisotopic (exact) mass is 425 g/mol. The molecule has 0 spiro atoms. The first-order valence-corrected chi connectivity index (χ1v) is 11.5. The molecule has 1 aliphatic rings. The minimum atomic E-state index is -0.115. The molecule has 4 rings (SSSR count). The van der Waals surface area contributed by atoms with Gasteiger partial charge in [-0.15, -0.1) is 0 Å². The van der Waals surface area contributed by atoms with Gasteiger partial charge < -0.3 is 9.73 Å². The van der Waals surface area contributed by atoms with Crippen molar-refractivity contribution in [2.24, 2.45) is 11.8 Å². The molecule has 0 aliphatic heterocycles. The number of aromatic nitrogens is 2. The van der Waals surface area contributed by atoms with Gasteiger partial charge in [-0.1, -0.05) is 50.6 Å². The third-order valence-corrected chi connectivity index (χ3v) is 7.10. The zero-order chi connectivity index (χ0) is 21.1. The number of nitrogens with one attached hydrogen (secondary N) is 1. The second-order valence-corrected chi connectivity index (χ2v) is 9.01. The molecule has 158 valence electrons. The normalized spacial score (nSPS) is 21.6. The Bertz CT molecular complexity index is 1080. The summed E-state index contributed by atoms with van der Waals surface area (Å²) in [5.41, 5.74) is 0.666. The van der Waals surface area contributed by atoms with E-state index in [1.54, 1.807) is 12.3 Å². The molecule has 1 aliphatic carbocycles. The first kappa shape index (κ1) is 20.7. The van der Waals surface area contributed by atoms with Crippen molar-refractivity contribution in [3.8, 4) is 0 Å². The number of furan rings is 1. The van der Waals surface area contributed by atoms with Gasteiger partial charge in [0.25, 0.3) is 5.56 Å². The van der Waals surface area contributed by atoms with Crippen LogP contribution >= 0.6 is 11.8 Å². The van der Waals surface area contributed by atoms with Crippen LogP contribution in [0.5, 0.6) is 0 Å². The molecule has 0 radical (unpaired) electrons. The Labute approximate surface area is 180 Å². The van der Waals surface area contributed by atoms with Gasteiger partial charge >= 0.3 is 0 Å². The Morgan fingerprint density at radius 3 is 2.87 bits per heavy atom. The highest BCUT2D eigenvalue weighted by Gasteiger charge is 2.31. The lowest BCUT2D eigenvalue weighted by molar-refractivity contribution is -0.118. The van der Waals surface area contributed by atoms with Gasteiger partial charge in [0.05, 0.1) is 29.5 Å². The average Bonchev–Trinajstić information content (AvgIpc) is 3.27. The number of carbonyl (C=O) groups is 1. The molecule has 1 fully saturated rings. The van der Waals surface area contributed by atoms with Crippen LogP contribution in [-0.2, 0) is 11.3 Å². The van der Waals surface area contributed by atoms with Crippen LogP contribution in [0.3, 0.4) is 0 Å². The molecule has 1 amide bonds. The van der Waals surface area contributed by atoms with Crippen molar-refractivity contribution >= 4 is 28.6 Å². The van der Waals surface area contributed by atoms with Crippen molar-refractivity contribution in [3.63, 3.8) is 0 Å². The molecule has 1 aromatic carbocycles. The van der Waals surface area contributed by atoms with Crippen LogP contribution in [0.4, 0.5) is 0 Å². The van der Waals surface area contributed by atoms with Crippen LogP contribution in [-0.4, -0.2) is 21.2 Å². The molecule has 0 bridgehead atoms. The number of hydrogen-bond acceptors (Lipinski definition) is 5. The Kier molecular flexibility index (Phi) is 6.27. The van der Waals surface area contributed by atoms with Gasteiger partial charge in [-0.05, 0) is 42.5 Å². The number of para-hydroxylation sites is 1. The van der Waals surface area contributed by atoms with Crippen LogP contribution in [0.25, 0.3) is 10.9 Å². The second-order valence-electron chi connectivity index (χ2n) is 8.07. The summed E-state index contributed by atoms with van der Waals surface area (Å²) in [6.07, 6.45) is 4.83. The molecule has 6 nitrogen and oxygen atoms in total. The predicted molar refractivity (Wildman–Crippen MR) is 118 cm³/mol. The summed E-state index contributed by atoms with van der Waals surface area (Å²) >= 11 is 1.33. The molecule has 1 saturated carbocycles. The lowest BCUT2D eigenvalue weighted by Gasteiger charge is -2.36. The molecule has 2 aromatic heterocycles. The van der Waals surface area contributed by atoms with Crippen molar-refractivity contribution in [1.29, 1.82) is 0 Å². The minimum absolute atomic E-state index is 0.00922. The van der Waals surface area contributed by atoms with E-state index in [4.69, 9.17) is 9.40 Å². The van der Waals surface area contributed by atoms with Gasteiger partial charge in [0.2, 0.25) is 5.91 Å². The number of amides is 1. The van der Waals surface area contributed by atoms with Crippen molar-refractivity contribution in [2.75, 3.05) is 5.75 Å². The first-order valence-electron chi connectivity index (χ1n) is 10.5. The number of nitrogens with zero attached hydrogens (tertiary/aromatic N) is 2. The molecule has 3 aromatic rings. The fourth-order valence-corrected chi connectivity index (χ4v) is 5.10. The summed E-state index contributed by atoms with van der Waals surface area (Å²) in [5, 5.41) is 4.11. The maximum atomic E-state index is 13.4. The van der Waals surface area contributed by atoms with E-state index in [-0.39, 0.29) is 23.3 Å². The third kappa shape index (κ3) is 4.31. The van der Waals surface area contributed by atoms with Crippen LogP contribution < -0.4 is 10.9 Å². The summed E-state index contributed by atoms with van der Waals surface area (Å²) in [7, 11) is 0. The number of rotatable bonds is 6. The third-order valence-electron chi connectivity index (χ3n) is 6.14. The lowest BCUT2D eigenvalue weighted by atomic mass is 9.78. The highest BCUT2D eigenvalue weighted by molar-refractivity contribution is 7.99. The maximum Gasteiger partial charge on any atom is 0.262 e. The van der Waals surface area contributed by atoms with Crippen LogP contribution in [0.2, 0.25) is 0 Å². The second kappa shape index (κ2) is 9.08. The topological polar surface area (TPSA) is 77.1 Å². The zero-order valence-electron chi connectivity index (χ0n) is 17.3. The Morgan fingerprint density at radius 1 is 1.23 bits per heavy atom. The van der Waals surface area contributed by atoms with Crippen LogP contribution in [0, 0.1) is 11.8 Å². The van der Waals surface area contributed by atoms with Crippen molar-refractivity contribution in [2.45, 2.75) is 50.9 Å². The highest BCUT2D eigenvalue weighted by Crippen LogP contribution is 2.38. The van der Waals surface area contributed by atoms with E-state index in [0.29, 0.717) is 40.2 Å². The molecule has 2 heterocycles. The summed E-state index contributed by atoms with van der Waals surface area (Å²) < 4.78 is 7.11. The summed E-state index contributed by atoms with van der Waals surface area (Å²) in [4.78, 5) is 30.6. The van der Waals surface area contributed by atoms with Crippen LogP contribution in [0.1, 0.15) is 44.9 Å². The molecular weight excluding hydrogens is 398 g/mol. The quantitative estimate of drug-likeness (QED) is 0.468. The largest absolute Gasteiger partial charge is 0.467 e. The molecule has 3 atom stereocenters. The number of fused-ring (bicyclic) bond motifs is 1.